The second-order valence-electron chi connectivity index (χ2n) is 4.07. The third-order valence-electron chi connectivity index (χ3n) is 2.48. The number of amides is 1. The first-order chi connectivity index (χ1) is 6.79. The number of hydrogen-bond donors (Lipinski definition) is 1. The Bertz CT molecular complexity index is 238. The maximum absolute atomic E-state index is 11.9. The van der Waals surface area contributed by atoms with Crippen molar-refractivity contribution in [3.8, 4) is 0 Å². The van der Waals surface area contributed by atoms with Gasteiger partial charge in [-0.25, -0.2) is 0 Å². The highest BCUT2D eigenvalue weighted by molar-refractivity contribution is 5.76. The van der Waals surface area contributed by atoms with Gasteiger partial charge in [-0.3, -0.25) is 4.79 Å². The largest absolute Gasteiger partial charge is 0.406 e. The maximum Gasteiger partial charge on any atom is 0.406 e. The molecule has 1 aliphatic carbocycles. The van der Waals surface area contributed by atoms with Crippen LogP contribution in [0.4, 0.5) is 13.2 Å². The molecule has 15 heavy (non-hydrogen) atoms. The Morgan fingerprint density at radius 3 is 2.47 bits per heavy atom. The molecule has 0 saturated heterocycles. The van der Waals surface area contributed by atoms with E-state index in [4.69, 9.17) is 5.73 Å². The summed E-state index contributed by atoms with van der Waals surface area (Å²) in [6.07, 6.45) is -2.36. The van der Waals surface area contributed by atoms with Gasteiger partial charge in [0.1, 0.15) is 6.54 Å². The van der Waals surface area contributed by atoms with Crippen LogP contribution in [-0.4, -0.2) is 36.6 Å². The molecule has 0 aromatic heterocycles. The van der Waals surface area contributed by atoms with Crippen molar-refractivity contribution in [1.82, 2.24) is 4.90 Å². The summed E-state index contributed by atoms with van der Waals surface area (Å²) in [5.41, 5.74) is 5.65. The standard InChI is InChI=1S/C9H15F3N2O/c1-14(5-9(10,11)12)8(15)4-7(13)6-2-3-6/h6-7H,2-5,13H2,1H3. The van der Waals surface area contributed by atoms with Gasteiger partial charge in [0.2, 0.25) is 5.91 Å². The Kier molecular flexibility index (Phi) is 3.59. The molecule has 1 saturated carbocycles. The lowest BCUT2D eigenvalue weighted by atomic mass is 10.1. The van der Waals surface area contributed by atoms with E-state index in [2.05, 4.69) is 0 Å². The molecule has 2 N–H and O–H groups in total. The lowest BCUT2D eigenvalue weighted by Gasteiger charge is -2.20. The Morgan fingerprint density at radius 2 is 2.07 bits per heavy atom. The van der Waals surface area contributed by atoms with Gasteiger partial charge in [-0.1, -0.05) is 0 Å². The van der Waals surface area contributed by atoms with Crippen molar-refractivity contribution >= 4 is 5.91 Å². The minimum Gasteiger partial charge on any atom is -0.337 e. The van der Waals surface area contributed by atoms with Gasteiger partial charge >= 0.3 is 6.18 Å². The van der Waals surface area contributed by atoms with Gasteiger partial charge in [-0.05, 0) is 18.8 Å². The molecule has 0 aliphatic heterocycles. The van der Waals surface area contributed by atoms with Crippen LogP contribution >= 0.6 is 0 Å². The van der Waals surface area contributed by atoms with Crippen LogP contribution in [0.3, 0.4) is 0 Å². The molecule has 1 amide bonds. The molecule has 0 heterocycles. The summed E-state index contributed by atoms with van der Waals surface area (Å²) in [4.78, 5) is 12.0. The SMILES string of the molecule is CN(CC(F)(F)F)C(=O)CC(N)C1CC1. The van der Waals surface area contributed by atoms with Gasteiger partial charge in [0.25, 0.3) is 0 Å². The molecular formula is C9H15F3N2O. The highest BCUT2D eigenvalue weighted by Gasteiger charge is 2.34. The molecule has 88 valence electrons. The topological polar surface area (TPSA) is 46.3 Å². The number of nitrogens with two attached hydrogens (primary N) is 1. The number of halogens is 3. The number of alkyl halides is 3. The zero-order valence-corrected chi connectivity index (χ0v) is 8.55. The summed E-state index contributed by atoms with van der Waals surface area (Å²) < 4.78 is 35.8. The van der Waals surface area contributed by atoms with Crippen LogP contribution in [0.25, 0.3) is 0 Å². The lowest BCUT2D eigenvalue weighted by molar-refractivity contribution is -0.158. The van der Waals surface area contributed by atoms with Crippen molar-refractivity contribution in [2.75, 3.05) is 13.6 Å². The van der Waals surface area contributed by atoms with Crippen LogP contribution in [0, 0.1) is 5.92 Å². The molecule has 0 radical (unpaired) electrons. The quantitative estimate of drug-likeness (QED) is 0.778. The van der Waals surface area contributed by atoms with Crippen molar-refractivity contribution in [2.24, 2.45) is 11.7 Å². The number of carbonyl (C=O) groups is 1. The molecule has 0 aromatic rings. The summed E-state index contributed by atoms with van der Waals surface area (Å²) >= 11 is 0. The molecule has 1 fully saturated rings. The molecular weight excluding hydrogens is 209 g/mol. The molecule has 1 aliphatic rings. The first-order valence-corrected chi connectivity index (χ1v) is 4.86. The van der Waals surface area contributed by atoms with Crippen LogP contribution in [0.2, 0.25) is 0 Å². The first kappa shape index (κ1) is 12.3. The van der Waals surface area contributed by atoms with E-state index in [1.165, 1.54) is 0 Å². The Morgan fingerprint density at radius 1 is 1.53 bits per heavy atom. The van der Waals surface area contributed by atoms with E-state index in [0.29, 0.717) is 10.8 Å². The molecule has 3 nitrogen and oxygen atoms in total. The van der Waals surface area contributed by atoms with Gasteiger partial charge in [0.05, 0.1) is 0 Å². The second kappa shape index (κ2) is 4.38. The van der Waals surface area contributed by atoms with Crippen molar-refractivity contribution in [3.63, 3.8) is 0 Å². The summed E-state index contributed by atoms with van der Waals surface area (Å²) in [5, 5.41) is 0. The van der Waals surface area contributed by atoms with Gasteiger partial charge in [0, 0.05) is 19.5 Å². The summed E-state index contributed by atoms with van der Waals surface area (Å²) in [6.45, 7) is -1.21. The Balaban J connectivity index is 2.32. The molecule has 0 bridgehead atoms. The Hall–Kier alpha value is -0.780. The minimum atomic E-state index is -4.34. The number of rotatable bonds is 4. The smallest absolute Gasteiger partial charge is 0.337 e. The van der Waals surface area contributed by atoms with E-state index < -0.39 is 18.6 Å². The summed E-state index contributed by atoms with van der Waals surface area (Å²) in [7, 11) is 1.15. The highest BCUT2D eigenvalue weighted by atomic mass is 19.4. The van der Waals surface area contributed by atoms with Crippen LogP contribution in [-0.2, 0) is 4.79 Å². The van der Waals surface area contributed by atoms with Crippen molar-refractivity contribution in [3.05, 3.63) is 0 Å². The van der Waals surface area contributed by atoms with Crippen LogP contribution in [0.1, 0.15) is 19.3 Å². The van der Waals surface area contributed by atoms with Crippen molar-refractivity contribution in [2.45, 2.75) is 31.5 Å². The van der Waals surface area contributed by atoms with E-state index in [1.54, 1.807) is 0 Å². The van der Waals surface area contributed by atoms with Crippen LogP contribution < -0.4 is 5.73 Å². The normalized spacial score (nSPS) is 18.7. The average molecular weight is 224 g/mol. The van der Waals surface area contributed by atoms with Gasteiger partial charge < -0.3 is 10.6 Å². The molecule has 6 heteroatoms. The fraction of sp³-hybridized carbons (Fsp3) is 0.889. The van der Waals surface area contributed by atoms with E-state index in [0.717, 1.165) is 19.9 Å². The molecule has 1 rings (SSSR count). The van der Waals surface area contributed by atoms with Crippen molar-refractivity contribution < 1.29 is 18.0 Å². The molecule has 1 atom stereocenters. The lowest BCUT2D eigenvalue weighted by Crippen LogP contribution is -2.39. The maximum atomic E-state index is 11.9. The summed E-state index contributed by atoms with van der Waals surface area (Å²) in [5.74, 6) is -0.208. The number of hydrogen-bond acceptors (Lipinski definition) is 2. The average Bonchev–Trinajstić information content (AvgIpc) is 2.82. The highest BCUT2D eigenvalue weighted by Crippen LogP contribution is 2.33. The zero-order chi connectivity index (χ0) is 11.6. The number of carbonyl (C=O) groups excluding carboxylic acids is 1. The fourth-order valence-corrected chi connectivity index (χ4v) is 1.41. The molecule has 1 unspecified atom stereocenters. The zero-order valence-electron chi connectivity index (χ0n) is 8.55. The predicted octanol–water partition coefficient (Wildman–Crippen LogP) is 1.13. The molecule has 0 aromatic carbocycles. The van der Waals surface area contributed by atoms with Gasteiger partial charge in [0.15, 0.2) is 0 Å². The van der Waals surface area contributed by atoms with Gasteiger partial charge in [-0.15, -0.1) is 0 Å². The third-order valence-corrected chi connectivity index (χ3v) is 2.48. The van der Waals surface area contributed by atoms with Gasteiger partial charge in [-0.2, -0.15) is 13.2 Å². The van der Waals surface area contributed by atoms with Crippen LogP contribution in [0.5, 0.6) is 0 Å². The monoisotopic (exact) mass is 224 g/mol. The third kappa shape index (κ3) is 4.51. The molecule has 0 spiro atoms. The second-order valence-corrected chi connectivity index (χ2v) is 4.07. The minimum absolute atomic E-state index is 0.0112. The van der Waals surface area contributed by atoms with E-state index in [-0.39, 0.29) is 12.5 Å². The predicted molar refractivity (Wildman–Crippen MR) is 49.0 cm³/mol. The Labute approximate surface area is 86.4 Å². The van der Waals surface area contributed by atoms with E-state index >= 15 is 0 Å². The van der Waals surface area contributed by atoms with E-state index in [9.17, 15) is 18.0 Å². The first-order valence-electron chi connectivity index (χ1n) is 4.86. The van der Waals surface area contributed by atoms with E-state index in [1.807, 2.05) is 0 Å². The van der Waals surface area contributed by atoms with Crippen molar-refractivity contribution in [1.29, 1.82) is 0 Å². The van der Waals surface area contributed by atoms with Crippen LogP contribution in [0.15, 0.2) is 0 Å². The number of nitrogens with zero attached hydrogens (tertiary/aromatic N) is 1. The fourth-order valence-electron chi connectivity index (χ4n) is 1.41. The summed E-state index contributed by atoms with van der Waals surface area (Å²) in [6, 6.07) is -0.284.